The van der Waals surface area contributed by atoms with Crippen molar-refractivity contribution >= 4 is 11.3 Å². The van der Waals surface area contributed by atoms with Crippen molar-refractivity contribution in [2.75, 3.05) is 7.11 Å². The van der Waals surface area contributed by atoms with E-state index in [2.05, 4.69) is 46.7 Å². The van der Waals surface area contributed by atoms with Crippen molar-refractivity contribution in [3.8, 4) is 10.6 Å². The Labute approximate surface area is 141 Å². The highest BCUT2D eigenvalue weighted by molar-refractivity contribution is 7.15. The van der Waals surface area contributed by atoms with E-state index in [1.54, 1.807) is 18.4 Å². The molecular weight excluding hydrogens is 304 g/mol. The van der Waals surface area contributed by atoms with Crippen molar-refractivity contribution in [3.05, 3.63) is 76.8 Å². The Morgan fingerprint density at radius 2 is 1.83 bits per heavy atom. The molecule has 3 aromatic rings. The number of thiazole rings is 1. The van der Waals surface area contributed by atoms with Gasteiger partial charge in [-0.1, -0.05) is 54.6 Å². The second kappa shape index (κ2) is 8.02. The largest absolute Gasteiger partial charge is 0.380 e. The molecule has 0 saturated heterocycles. The molecule has 0 atom stereocenters. The van der Waals surface area contributed by atoms with Gasteiger partial charge >= 0.3 is 0 Å². The van der Waals surface area contributed by atoms with Gasteiger partial charge in [0.1, 0.15) is 5.01 Å². The first-order chi connectivity index (χ1) is 11.3. The summed E-state index contributed by atoms with van der Waals surface area (Å²) in [5.41, 5.74) is 3.65. The Kier molecular flexibility index (Phi) is 5.53. The summed E-state index contributed by atoms with van der Waals surface area (Å²) in [4.78, 5) is 5.76. The number of hydrogen-bond donors (Lipinski definition) is 1. The van der Waals surface area contributed by atoms with E-state index in [0.717, 1.165) is 18.1 Å². The van der Waals surface area contributed by atoms with Crippen molar-refractivity contribution in [2.24, 2.45) is 0 Å². The number of hydrogen-bond acceptors (Lipinski definition) is 4. The molecule has 0 saturated carbocycles. The average molecular weight is 324 g/mol. The minimum atomic E-state index is 0.656. The summed E-state index contributed by atoms with van der Waals surface area (Å²) in [7, 11) is 1.72. The molecule has 1 N–H and O–H groups in total. The lowest BCUT2D eigenvalue weighted by molar-refractivity contribution is 0.185. The lowest BCUT2D eigenvalue weighted by Gasteiger charge is -2.06. The molecule has 0 aliphatic carbocycles. The van der Waals surface area contributed by atoms with Gasteiger partial charge in [0.2, 0.25) is 0 Å². The number of ether oxygens (including phenoxy) is 1. The zero-order valence-electron chi connectivity index (χ0n) is 13.2. The van der Waals surface area contributed by atoms with Crippen molar-refractivity contribution in [2.45, 2.75) is 19.7 Å². The summed E-state index contributed by atoms with van der Waals surface area (Å²) < 4.78 is 5.17. The Bertz CT molecular complexity index is 740. The van der Waals surface area contributed by atoms with E-state index in [-0.39, 0.29) is 0 Å². The molecule has 3 rings (SSSR count). The van der Waals surface area contributed by atoms with Crippen LogP contribution in [0.25, 0.3) is 10.6 Å². The van der Waals surface area contributed by atoms with E-state index in [1.165, 1.54) is 21.6 Å². The third-order valence-corrected chi connectivity index (χ3v) is 4.55. The summed E-state index contributed by atoms with van der Waals surface area (Å²) in [6.45, 7) is 2.33. The zero-order chi connectivity index (χ0) is 15.9. The molecule has 0 unspecified atom stereocenters. The van der Waals surface area contributed by atoms with E-state index in [4.69, 9.17) is 4.74 Å². The maximum atomic E-state index is 5.17. The first-order valence-electron chi connectivity index (χ1n) is 7.63. The lowest BCUT2D eigenvalue weighted by Crippen LogP contribution is -2.11. The molecule has 0 spiro atoms. The van der Waals surface area contributed by atoms with Gasteiger partial charge in [-0.05, 0) is 11.1 Å². The van der Waals surface area contributed by atoms with Gasteiger partial charge in [-0.3, -0.25) is 0 Å². The van der Waals surface area contributed by atoms with Crippen LogP contribution in [0.4, 0.5) is 0 Å². The number of nitrogens with zero attached hydrogens (tertiary/aromatic N) is 1. The van der Waals surface area contributed by atoms with Crippen LogP contribution in [0, 0.1) is 0 Å². The summed E-state index contributed by atoms with van der Waals surface area (Å²) >= 11 is 1.74. The van der Waals surface area contributed by atoms with Crippen molar-refractivity contribution in [1.29, 1.82) is 0 Å². The minimum absolute atomic E-state index is 0.656. The van der Waals surface area contributed by atoms with Gasteiger partial charge < -0.3 is 10.1 Å². The van der Waals surface area contributed by atoms with Crippen LogP contribution in [0.1, 0.15) is 16.0 Å². The molecule has 0 amide bonds. The summed E-state index contributed by atoms with van der Waals surface area (Å²) in [6.07, 6.45) is 1.96. The number of benzene rings is 2. The molecule has 3 nitrogen and oxygen atoms in total. The monoisotopic (exact) mass is 324 g/mol. The normalized spacial score (nSPS) is 10.8. The van der Waals surface area contributed by atoms with Crippen LogP contribution < -0.4 is 5.32 Å². The van der Waals surface area contributed by atoms with Crippen LogP contribution in [0.5, 0.6) is 0 Å². The zero-order valence-corrected chi connectivity index (χ0v) is 14.0. The third kappa shape index (κ3) is 4.48. The van der Waals surface area contributed by atoms with E-state index in [1.807, 2.05) is 24.4 Å². The van der Waals surface area contributed by atoms with Crippen LogP contribution in [0.2, 0.25) is 0 Å². The van der Waals surface area contributed by atoms with Gasteiger partial charge in [-0.25, -0.2) is 4.98 Å². The fraction of sp³-hybridized carbons (Fsp3) is 0.211. The maximum absolute atomic E-state index is 5.17. The number of methoxy groups -OCH3 is 1. The Balaban J connectivity index is 1.55. The molecule has 0 aliphatic heterocycles. The molecule has 118 valence electrons. The quantitative estimate of drug-likeness (QED) is 0.705. The molecule has 4 heteroatoms. The molecule has 2 aromatic carbocycles. The highest BCUT2D eigenvalue weighted by Gasteiger charge is 2.04. The maximum Gasteiger partial charge on any atom is 0.123 e. The summed E-state index contributed by atoms with van der Waals surface area (Å²) in [6, 6.07) is 18.8. The van der Waals surface area contributed by atoms with Gasteiger partial charge in [-0.15, -0.1) is 11.3 Å². The number of rotatable bonds is 7. The van der Waals surface area contributed by atoms with Gasteiger partial charge in [0, 0.05) is 36.8 Å². The second-order valence-corrected chi connectivity index (χ2v) is 6.47. The van der Waals surface area contributed by atoms with Crippen LogP contribution in [0.3, 0.4) is 0 Å². The van der Waals surface area contributed by atoms with E-state index in [0.29, 0.717) is 6.61 Å². The number of nitrogens with one attached hydrogen (secondary N) is 1. The summed E-state index contributed by atoms with van der Waals surface area (Å²) in [5.74, 6) is 0. The molecule has 0 radical (unpaired) electrons. The predicted octanol–water partition coefficient (Wildman–Crippen LogP) is 4.25. The van der Waals surface area contributed by atoms with Crippen LogP contribution in [-0.2, 0) is 24.4 Å². The van der Waals surface area contributed by atoms with Gasteiger partial charge in [0.05, 0.1) is 6.61 Å². The van der Waals surface area contributed by atoms with Crippen LogP contribution in [0.15, 0.2) is 60.8 Å². The fourth-order valence-corrected chi connectivity index (χ4v) is 3.32. The Hall–Kier alpha value is -2.01. The molecule has 0 bridgehead atoms. The Morgan fingerprint density at radius 3 is 2.65 bits per heavy atom. The molecule has 23 heavy (non-hydrogen) atoms. The molecule has 0 aliphatic rings. The minimum Gasteiger partial charge on any atom is -0.380 e. The molecule has 1 aromatic heterocycles. The lowest BCUT2D eigenvalue weighted by atomic mass is 10.1. The average Bonchev–Trinajstić information content (AvgIpc) is 3.05. The summed E-state index contributed by atoms with van der Waals surface area (Å²) in [5, 5.41) is 4.56. The molecular formula is C19H20N2OS. The third-order valence-electron chi connectivity index (χ3n) is 3.51. The van der Waals surface area contributed by atoms with E-state index in [9.17, 15) is 0 Å². The van der Waals surface area contributed by atoms with E-state index < -0.39 is 0 Å². The first-order valence-corrected chi connectivity index (χ1v) is 8.44. The van der Waals surface area contributed by atoms with Crippen LogP contribution >= 0.6 is 11.3 Å². The highest BCUT2D eigenvalue weighted by Crippen LogP contribution is 2.24. The van der Waals surface area contributed by atoms with Crippen molar-refractivity contribution in [3.63, 3.8) is 0 Å². The van der Waals surface area contributed by atoms with Crippen molar-refractivity contribution < 1.29 is 4.74 Å². The van der Waals surface area contributed by atoms with E-state index >= 15 is 0 Å². The topological polar surface area (TPSA) is 34.1 Å². The van der Waals surface area contributed by atoms with Gasteiger partial charge in [0.25, 0.3) is 0 Å². The predicted molar refractivity (Wildman–Crippen MR) is 95.2 cm³/mol. The van der Waals surface area contributed by atoms with Gasteiger partial charge in [-0.2, -0.15) is 0 Å². The molecule has 1 heterocycles. The first kappa shape index (κ1) is 15.9. The standard InChI is InChI=1S/C19H20N2OS/c1-22-14-16-7-5-6-15(10-16)11-20-12-18-13-21-19(23-18)17-8-3-2-4-9-17/h2-10,13,20H,11-12,14H2,1H3. The second-order valence-electron chi connectivity index (χ2n) is 5.35. The van der Waals surface area contributed by atoms with Crippen LogP contribution in [-0.4, -0.2) is 12.1 Å². The SMILES string of the molecule is COCc1cccc(CNCc2cnc(-c3ccccc3)s2)c1. The highest BCUT2D eigenvalue weighted by atomic mass is 32.1. The fourth-order valence-electron chi connectivity index (χ4n) is 2.43. The smallest absolute Gasteiger partial charge is 0.123 e. The van der Waals surface area contributed by atoms with Crippen molar-refractivity contribution in [1.82, 2.24) is 10.3 Å². The molecule has 0 fully saturated rings. The van der Waals surface area contributed by atoms with Gasteiger partial charge in [0.15, 0.2) is 0 Å². The number of aromatic nitrogens is 1. The Morgan fingerprint density at radius 1 is 1.00 bits per heavy atom.